The quantitative estimate of drug-likeness (QED) is 0.417. The molecule has 0 aliphatic carbocycles. The van der Waals surface area contributed by atoms with Gasteiger partial charge in [0, 0.05) is 0 Å². The number of benzene rings is 1. The average molecular weight is 361 g/mol. The molecule has 0 saturated heterocycles. The first kappa shape index (κ1) is 16.4. The summed E-state index contributed by atoms with van der Waals surface area (Å²) in [5.74, 6) is -0.832. The van der Waals surface area contributed by atoms with Crippen LogP contribution in [0.5, 0.6) is 5.75 Å². The van der Waals surface area contributed by atoms with Crippen molar-refractivity contribution < 1.29 is 21.8 Å². The molecule has 108 valence electrons. The Morgan fingerprint density at radius 3 is 2.30 bits per heavy atom. The molecule has 1 aromatic heterocycles. The monoisotopic (exact) mass is 361 g/mol. The van der Waals surface area contributed by atoms with Crippen molar-refractivity contribution in [3.63, 3.8) is 0 Å². The Hall–Kier alpha value is -1.67. The fourth-order valence-electron chi connectivity index (χ4n) is 1.17. The van der Waals surface area contributed by atoms with Gasteiger partial charge in [-0.2, -0.15) is 0 Å². The number of carbonyl (C=O) groups is 1. The van der Waals surface area contributed by atoms with Gasteiger partial charge < -0.3 is 0 Å². The molecule has 0 saturated carbocycles. The van der Waals surface area contributed by atoms with Crippen LogP contribution < -0.4 is 9.67 Å². The maximum Gasteiger partial charge on any atom is 0.103 e. The van der Waals surface area contributed by atoms with Crippen LogP contribution in [0.25, 0.3) is 0 Å². The van der Waals surface area contributed by atoms with E-state index in [0.717, 1.165) is 12.1 Å². The van der Waals surface area contributed by atoms with E-state index in [2.05, 4.69) is 15.5 Å². The van der Waals surface area contributed by atoms with Gasteiger partial charge >= 0.3 is 88.1 Å². The van der Waals surface area contributed by atoms with Crippen molar-refractivity contribution in [3.05, 3.63) is 29.2 Å². The molecule has 0 fully saturated rings. The normalized spacial score (nSPS) is 10.3. The third-order valence-electron chi connectivity index (χ3n) is 1.89. The summed E-state index contributed by atoms with van der Waals surface area (Å²) in [7, 11) is 0. The van der Waals surface area contributed by atoms with Crippen LogP contribution in [0.3, 0.4) is 0 Å². The molecular weight excluding hydrogens is 349 g/mol. The fourth-order valence-corrected chi connectivity index (χ4v) is 2.87. The molecule has 0 radical (unpaired) electrons. The van der Waals surface area contributed by atoms with Gasteiger partial charge in [-0.25, -0.2) is 0 Å². The van der Waals surface area contributed by atoms with Crippen LogP contribution >= 0.6 is 11.3 Å². The minimum absolute atomic E-state index is 0.236. The molecule has 0 atom stereocenters. The van der Waals surface area contributed by atoms with Crippen LogP contribution in [-0.2, 0) is 8.53 Å². The Morgan fingerprint density at radius 1 is 1.30 bits per heavy atom. The van der Waals surface area contributed by atoms with Gasteiger partial charge in [-0.1, -0.05) is 0 Å². The second-order valence-electron chi connectivity index (χ2n) is 3.51. The molecule has 0 spiro atoms. The summed E-state index contributed by atoms with van der Waals surface area (Å²) in [6, 6.07) is 3.55. The molecule has 4 N–H and O–H groups in total. The van der Waals surface area contributed by atoms with Gasteiger partial charge in [0.05, 0.1) is 0 Å². The van der Waals surface area contributed by atoms with Crippen molar-refractivity contribution in [1.82, 2.24) is 10.2 Å². The second-order valence-corrected chi connectivity index (χ2v) is 7.49. The van der Waals surface area contributed by atoms with Gasteiger partial charge in [0.15, 0.2) is 0 Å². The number of aromatic hydroxyl groups is 1. The van der Waals surface area contributed by atoms with Gasteiger partial charge in [-0.3, -0.25) is 0 Å². The summed E-state index contributed by atoms with van der Waals surface area (Å²) in [5, 5.41) is 18.6. The van der Waals surface area contributed by atoms with Crippen LogP contribution in [0, 0.1) is 0 Å². The van der Waals surface area contributed by atoms with Gasteiger partial charge in [0.2, 0.25) is 0 Å². The predicted octanol–water partition coefficient (Wildman–Crippen LogP) is -0.550. The molecular formula is C10H12AsN3O5S. The number of carbonyl (C=O) groups excluding carboxylic acids is 1. The van der Waals surface area contributed by atoms with E-state index >= 15 is 0 Å². The molecule has 1 amide bonds. The number of aromatic nitrogens is 2. The van der Waals surface area contributed by atoms with E-state index in [1.807, 2.05) is 0 Å². The number of nitrogens with zero attached hydrogens (tertiary/aromatic N) is 2. The number of nitrogens with one attached hydrogen (secondary N) is 1. The summed E-state index contributed by atoms with van der Waals surface area (Å²) in [6.45, 7) is 1.27. The topological polar surface area (TPSA) is 133 Å². The number of phenols is 1. The molecule has 2 aromatic rings. The zero-order chi connectivity index (χ0) is 15.2. The van der Waals surface area contributed by atoms with Gasteiger partial charge in [-0.05, 0) is 0 Å². The first-order valence-corrected chi connectivity index (χ1v) is 9.49. The van der Waals surface area contributed by atoms with E-state index in [-0.39, 0.29) is 11.6 Å². The maximum atomic E-state index is 11.0. The maximum absolute atomic E-state index is 11.0. The third-order valence-corrected chi connectivity index (χ3v) is 4.39. The minimum Gasteiger partial charge on any atom is -0.147 e. The minimum atomic E-state index is -5.15. The molecule has 0 bridgehead atoms. The van der Waals surface area contributed by atoms with Gasteiger partial charge in [-0.15, -0.1) is 21.5 Å². The summed E-state index contributed by atoms with van der Waals surface area (Å²) in [5.41, 5.74) is 3.60. The number of hydrogen-bond acceptors (Lipinski definition) is 6. The molecule has 2 rings (SSSR count). The second kappa shape index (κ2) is 7.20. The Balaban J connectivity index is 0.000000333. The van der Waals surface area contributed by atoms with Crippen molar-refractivity contribution in [2.24, 2.45) is 0 Å². The number of rotatable bonds is 2. The first-order valence-electron chi connectivity index (χ1n) is 5.16. The standard InChI is InChI=1S/C8H10AsNO5.C2H2N2S/c1-5(11)10-6-2-3-8(12)7(4-6)9(13,14)15;1-3-4-2-5-1/h2-4,12H,1H3,(H,10,11)(H2,13,14,15);1-2H. The molecule has 1 heterocycles. The van der Waals surface area contributed by atoms with Crippen molar-refractivity contribution in [2.45, 2.75) is 6.92 Å². The van der Waals surface area contributed by atoms with Crippen LogP contribution in [0.1, 0.15) is 6.92 Å². The van der Waals surface area contributed by atoms with Gasteiger partial charge in [0.25, 0.3) is 0 Å². The van der Waals surface area contributed by atoms with E-state index in [4.69, 9.17) is 8.19 Å². The van der Waals surface area contributed by atoms with E-state index in [0.29, 0.717) is 0 Å². The third kappa shape index (κ3) is 5.53. The largest absolute Gasteiger partial charge is 0.147 e. The smallest absolute Gasteiger partial charge is 0.103 e. The first-order chi connectivity index (χ1) is 9.30. The van der Waals surface area contributed by atoms with E-state index in [9.17, 15) is 13.6 Å². The molecule has 0 unspecified atom stereocenters. The zero-order valence-corrected chi connectivity index (χ0v) is 13.0. The van der Waals surface area contributed by atoms with Gasteiger partial charge in [0.1, 0.15) is 11.0 Å². The zero-order valence-electron chi connectivity index (χ0n) is 10.3. The summed E-state index contributed by atoms with van der Waals surface area (Å²) in [4.78, 5) is 10.7. The van der Waals surface area contributed by atoms with Crippen LogP contribution in [0.15, 0.2) is 29.2 Å². The Labute approximate surface area is 121 Å². The molecule has 20 heavy (non-hydrogen) atoms. The summed E-state index contributed by atoms with van der Waals surface area (Å²) in [6.07, 6.45) is 0. The van der Waals surface area contributed by atoms with Crippen molar-refractivity contribution >= 4 is 41.5 Å². The Kier molecular flexibility index (Phi) is 5.90. The molecule has 0 aliphatic rings. The fraction of sp³-hybridized carbons (Fsp3) is 0.100. The van der Waals surface area contributed by atoms with Crippen molar-refractivity contribution in [3.8, 4) is 5.75 Å². The van der Waals surface area contributed by atoms with E-state index in [1.165, 1.54) is 24.3 Å². The van der Waals surface area contributed by atoms with Crippen LogP contribution in [0.4, 0.5) is 5.69 Å². The van der Waals surface area contributed by atoms with E-state index < -0.39 is 24.3 Å². The number of hydrogen-bond donors (Lipinski definition) is 4. The Morgan fingerprint density at radius 2 is 1.90 bits per heavy atom. The Bertz CT molecular complexity index is 596. The van der Waals surface area contributed by atoms with Crippen molar-refractivity contribution in [2.75, 3.05) is 5.32 Å². The average Bonchev–Trinajstić information content (AvgIpc) is 2.88. The SMILES string of the molecule is CC(=O)Nc1ccc(O)c([As](=O)(O)O)c1.c1nncs1. The van der Waals surface area contributed by atoms with Crippen molar-refractivity contribution in [1.29, 1.82) is 0 Å². The van der Waals surface area contributed by atoms with Crippen LogP contribution in [0.2, 0.25) is 0 Å². The summed E-state index contributed by atoms with van der Waals surface area (Å²) < 4.78 is 28.4. The van der Waals surface area contributed by atoms with E-state index in [1.54, 1.807) is 11.0 Å². The molecule has 10 heteroatoms. The molecule has 0 aliphatic heterocycles. The molecule has 8 nitrogen and oxygen atoms in total. The number of phenolic OH excluding ortho intramolecular Hbond substituents is 1. The number of anilines is 1. The molecule has 1 aromatic carbocycles. The summed E-state index contributed by atoms with van der Waals surface area (Å²) >= 11 is -3.66. The number of amides is 1. The van der Waals surface area contributed by atoms with Crippen LogP contribution in [-0.4, -0.2) is 43.6 Å². The predicted molar refractivity (Wildman–Crippen MR) is 72.8 cm³/mol.